The molecule has 0 spiro atoms. The molecule has 4 rings (SSSR count). The first kappa shape index (κ1) is 17.3. The Morgan fingerprint density at radius 1 is 1.11 bits per heavy atom. The van der Waals surface area contributed by atoms with E-state index >= 15 is 0 Å². The fourth-order valence-electron chi connectivity index (χ4n) is 3.10. The van der Waals surface area contributed by atoms with Crippen molar-refractivity contribution in [1.29, 1.82) is 0 Å². The van der Waals surface area contributed by atoms with Crippen LogP contribution in [-0.4, -0.2) is 40.5 Å². The number of amides is 1. The first-order valence-electron chi connectivity index (χ1n) is 8.74. The molecule has 0 bridgehead atoms. The molecule has 3 aromatic rings. The summed E-state index contributed by atoms with van der Waals surface area (Å²) in [6.07, 6.45) is 2.85. The van der Waals surface area contributed by atoms with Gasteiger partial charge < -0.3 is 9.64 Å². The Morgan fingerprint density at radius 2 is 1.96 bits per heavy atom. The van der Waals surface area contributed by atoms with E-state index in [0.29, 0.717) is 42.2 Å². The van der Waals surface area contributed by atoms with Crippen LogP contribution in [0.1, 0.15) is 22.2 Å². The molecule has 0 N–H and O–H groups in total. The lowest BCUT2D eigenvalue weighted by Gasteiger charge is -2.32. The van der Waals surface area contributed by atoms with E-state index in [1.165, 1.54) is 12.1 Å². The predicted molar refractivity (Wildman–Crippen MR) is 98.5 cm³/mol. The minimum atomic E-state index is -0.368. The van der Waals surface area contributed by atoms with Gasteiger partial charge in [0.15, 0.2) is 0 Å². The zero-order chi connectivity index (χ0) is 18.6. The van der Waals surface area contributed by atoms with Gasteiger partial charge in [-0.05, 0) is 24.3 Å². The largest absolute Gasteiger partial charge is 0.368 e. The Bertz CT molecular complexity index is 949. The summed E-state index contributed by atoms with van der Waals surface area (Å²) in [5.74, 6) is -0.355. The average molecular weight is 363 g/mol. The van der Waals surface area contributed by atoms with Gasteiger partial charge in [0.25, 0.3) is 5.91 Å². The molecular weight excluding hydrogens is 345 g/mol. The molecule has 0 radical (unpaired) electrons. The first-order chi connectivity index (χ1) is 13.2. The number of rotatable bonds is 3. The Labute approximate surface area is 156 Å². The molecule has 1 saturated heterocycles. The molecule has 0 aliphatic carbocycles. The van der Waals surface area contributed by atoms with Crippen molar-refractivity contribution in [3.63, 3.8) is 0 Å². The van der Waals surface area contributed by atoms with Crippen molar-refractivity contribution in [2.45, 2.75) is 6.10 Å². The molecule has 136 valence electrons. The maximum Gasteiger partial charge on any atom is 0.254 e. The highest BCUT2D eigenvalue weighted by Gasteiger charge is 2.27. The average Bonchev–Trinajstić information content (AvgIpc) is 2.74. The van der Waals surface area contributed by atoms with Crippen LogP contribution in [0.25, 0.3) is 11.3 Å². The lowest BCUT2D eigenvalue weighted by molar-refractivity contribution is -0.0248. The third-order valence-corrected chi connectivity index (χ3v) is 4.48. The van der Waals surface area contributed by atoms with E-state index in [0.717, 1.165) is 0 Å². The van der Waals surface area contributed by atoms with Crippen LogP contribution in [-0.2, 0) is 4.74 Å². The molecule has 1 fully saturated rings. The lowest BCUT2D eigenvalue weighted by atomic mass is 10.1. The number of carbonyl (C=O) groups excluding carboxylic acids is 1. The summed E-state index contributed by atoms with van der Waals surface area (Å²) >= 11 is 0. The number of carbonyl (C=O) groups is 1. The number of benzene rings is 2. The second-order valence-electron chi connectivity index (χ2n) is 6.32. The number of aromatic nitrogens is 2. The topological polar surface area (TPSA) is 55.3 Å². The van der Waals surface area contributed by atoms with Gasteiger partial charge in [-0.25, -0.2) is 9.37 Å². The van der Waals surface area contributed by atoms with Crippen molar-refractivity contribution >= 4 is 5.91 Å². The van der Waals surface area contributed by atoms with Crippen LogP contribution < -0.4 is 0 Å². The smallest absolute Gasteiger partial charge is 0.254 e. The van der Waals surface area contributed by atoms with Gasteiger partial charge in [-0.1, -0.05) is 30.3 Å². The minimum Gasteiger partial charge on any atom is -0.368 e. The molecule has 6 heteroatoms. The summed E-state index contributed by atoms with van der Waals surface area (Å²) in [6.45, 7) is 1.35. The Morgan fingerprint density at radius 3 is 2.78 bits per heavy atom. The number of halogens is 1. The molecule has 2 heterocycles. The van der Waals surface area contributed by atoms with Crippen molar-refractivity contribution in [3.05, 3.63) is 84.1 Å². The van der Waals surface area contributed by atoms with E-state index in [9.17, 15) is 9.18 Å². The molecule has 0 unspecified atom stereocenters. The highest BCUT2D eigenvalue weighted by atomic mass is 19.1. The van der Waals surface area contributed by atoms with Gasteiger partial charge in [0.2, 0.25) is 0 Å². The van der Waals surface area contributed by atoms with Crippen molar-refractivity contribution in [2.75, 3.05) is 19.7 Å². The summed E-state index contributed by atoms with van der Waals surface area (Å²) < 4.78 is 19.3. The van der Waals surface area contributed by atoms with Crippen LogP contribution in [0.2, 0.25) is 0 Å². The van der Waals surface area contributed by atoms with E-state index in [-0.39, 0.29) is 17.8 Å². The van der Waals surface area contributed by atoms with Gasteiger partial charge in [0.05, 0.1) is 36.9 Å². The quantitative estimate of drug-likeness (QED) is 0.715. The third-order valence-electron chi connectivity index (χ3n) is 4.48. The van der Waals surface area contributed by atoms with Crippen molar-refractivity contribution < 1.29 is 13.9 Å². The van der Waals surface area contributed by atoms with Crippen LogP contribution in [0.4, 0.5) is 4.39 Å². The molecule has 5 nitrogen and oxygen atoms in total. The van der Waals surface area contributed by atoms with Crippen molar-refractivity contribution in [3.8, 4) is 11.3 Å². The molecular formula is C21H18FN3O2. The van der Waals surface area contributed by atoms with Crippen molar-refractivity contribution in [1.82, 2.24) is 14.9 Å². The minimum absolute atomic E-state index is 0.0295. The molecule has 1 aliphatic rings. The fourth-order valence-corrected chi connectivity index (χ4v) is 3.10. The SMILES string of the molecule is O=C(c1ccccc1)N1CCO[C@@H](c2cncc(-c3cccc(F)c3)n2)C1. The molecule has 1 aliphatic heterocycles. The Kier molecular flexibility index (Phi) is 4.89. The Hall–Kier alpha value is -3.12. The molecule has 2 aromatic carbocycles. The van der Waals surface area contributed by atoms with Crippen LogP contribution >= 0.6 is 0 Å². The second-order valence-corrected chi connectivity index (χ2v) is 6.32. The van der Waals surface area contributed by atoms with E-state index in [2.05, 4.69) is 9.97 Å². The van der Waals surface area contributed by atoms with Gasteiger partial charge >= 0.3 is 0 Å². The number of hydrogen-bond donors (Lipinski definition) is 0. The van der Waals surface area contributed by atoms with Crippen LogP contribution in [0.5, 0.6) is 0 Å². The van der Waals surface area contributed by atoms with Gasteiger partial charge in [0, 0.05) is 17.7 Å². The van der Waals surface area contributed by atoms with Gasteiger partial charge in [-0.3, -0.25) is 9.78 Å². The summed E-state index contributed by atoms with van der Waals surface area (Å²) in [4.78, 5) is 23.3. The molecule has 1 aromatic heterocycles. The highest BCUT2D eigenvalue weighted by Crippen LogP contribution is 2.24. The van der Waals surface area contributed by atoms with Crippen LogP contribution in [0.15, 0.2) is 67.0 Å². The monoisotopic (exact) mass is 363 g/mol. The zero-order valence-corrected chi connectivity index (χ0v) is 14.6. The maximum absolute atomic E-state index is 13.5. The number of ether oxygens (including phenoxy) is 1. The number of nitrogens with zero attached hydrogens (tertiary/aromatic N) is 3. The normalized spacial score (nSPS) is 16.9. The van der Waals surface area contributed by atoms with Crippen LogP contribution in [0, 0.1) is 5.82 Å². The van der Waals surface area contributed by atoms with E-state index < -0.39 is 0 Å². The van der Waals surface area contributed by atoms with Crippen LogP contribution in [0.3, 0.4) is 0 Å². The molecule has 1 amide bonds. The predicted octanol–water partition coefficient (Wildman–Crippen LogP) is 3.50. The summed E-state index contributed by atoms with van der Waals surface area (Å²) in [5, 5.41) is 0. The summed E-state index contributed by atoms with van der Waals surface area (Å²) in [6, 6.07) is 15.4. The van der Waals surface area contributed by atoms with Gasteiger partial charge in [-0.15, -0.1) is 0 Å². The van der Waals surface area contributed by atoms with Crippen molar-refractivity contribution in [2.24, 2.45) is 0 Å². The lowest BCUT2D eigenvalue weighted by Crippen LogP contribution is -2.42. The molecule has 0 saturated carbocycles. The van der Waals surface area contributed by atoms with E-state index in [1.807, 2.05) is 18.2 Å². The zero-order valence-electron chi connectivity index (χ0n) is 14.6. The van der Waals surface area contributed by atoms with E-state index in [4.69, 9.17) is 4.74 Å². The molecule has 27 heavy (non-hydrogen) atoms. The standard InChI is InChI=1S/C21H18FN3O2/c22-17-8-4-7-16(11-17)18-12-23-13-19(24-18)20-14-25(9-10-27-20)21(26)15-5-2-1-3-6-15/h1-8,11-13,20H,9-10,14H2/t20-/m1/s1. The van der Waals surface area contributed by atoms with E-state index in [1.54, 1.807) is 41.6 Å². The number of hydrogen-bond acceptors (Lipinski definition) is 4. The second kappa shape index (κ2) is 7.63. The summed E-state index contributed by atoms with van der Waals surface area (Å²) in [7, 11) is 0. The fraction of sp³-hybridized carbons (Fsp3) is 0.190. The first-order valence-corrected chi connectivity index (χ1v) is 8.74. The molecule has 1 atom stereocenters. The highest BCUT2D eigenvalue weighted by molar-refractivity contribution is 5.94. The number of morpholine rings is 1. The Balaban J connectivity index is 1.55. The maximum atomic E-state index is 13.5. The van der Waals surface area contributed by atoms with Gasteiger partial charge in [0.1, 0.15) is 11.9 Å². The third kappa shape index (κ3) is 3.85. The summed E-state index contributed by atoms with van der Waals surface area (Å²) in [5.41, 5.74) is 2.50. The van der Waals surface area contributed by atoms with Gasteiger partial charge in [-0.2, -0.15) is 0 Å².